The molecule has 1 N–H and O–H groups in total. The van der Waals surface area contributed by atoms with E-state index in [-0.39, 0.29) is 5.75 Å². The summed E-state index contributed by atoms with van der Waals surface area (Å²) in [5.41, 5.74) is 1.93. The number of ether oxygens (including phenoxy) is 1. The predicted octanol–water partition coefficient (Wildman–Crippen LogP) is 2.38. The van der Waals surface area contributed by atoms with E-state index in [1.54, 1.807) is 7.11 Å². The Kier molecular flexibility index (Phi) is 4.31. The van der Waals surface area contributed by atoms with Crippen LogP contribution < -0.4 is 4.74 Å². The van der Waals surface area contributed by atoms with Crippen LogP contribution in [0.1, 0.15) is 12.7 Å². The summed E-state index contributed by atoms with van der Waals surface area (Å²) < 4.78 is 7.29. The van der Waals surface area contributed by atoms with Crippen LogP contribution in [0.2, 0.25) is 0 Å². The van der Waals surface area contributed by atoms with Crippen LogP contribution in [-0.4, -0.2) is 33.5 Å². The van der Waals surface area contributed by atoms with Crippen LogP contribution in [0.3, 0.4) is 0 Å². The monoisotopic (exact) mass is 280 g/mol. The Bertz CT molecular complexity index is 595. The molecule has 102 valence electrons. The molecule has 6 heteroatoms. The van der Waals surface area contributed by atoms with Gasteiger partial charge in [-0.3, -0.25) is 4.79 Å². The molecule has 5 nitrogen and oxygen atoms in total. The van der Waals surface area contributed by atoms with Crippen LogP contribution >= 0.6 is 11.8 Å². The van der Waals surface area contributed by atoms with Crippen LogP contribution in [-0.2, 0) is 17.1 Å². The van der Waals surface area contributed by atoms with Crippen molar-refractivity contribution in [1.29, 1.82) is 0 Å². The van der Waals surface area contributed by atoms with Gasteiger partial charge in [0.25, 0.3) is 0 Å². The number of hydrogen-bond acceptors (Lipinski definition) is 4. The van der Waals surface area contributed by atoms with Crippen LogP contribution in [0.25, 0.3) is 11.0 Å². The normalized spacial score (nSPS) is 10.8. The van der Waals surface area contributed by atoms with E-state index in [0.717, 1.165) is 29.2 Å². The van der Waals surface area contributed by atoms with Gasteiger partial charge in [0, 0.05) is 12.6 Å². The number of aliphatic carboxylic acids is 1. The fourth-order valence-electron chi connectivity index (χ4n) is 1.98. The number of imidazole rings is 1. The molecule has 0 bridgehead atoms. The maximum absolute atomic E-state index is 10.5. The van der Waals surface area contributed by atoms with Gasteiger partial charge >= 0.3 is 5.97 Å². The summed E-state index contributed by atoms with van der Waals surface area (Å²) in [5.74, 6) is 1.56. The molecule has 1 heterocycles. The molecule has 0 aliphatic heterocycles. The summed E-state index contributed by atoms with van der Waals surface area (Å²) in [6, 6.07) is 5.78. The molecule has 19 heavy (non-hydrogen) atoms. The number of aryl methyl sites for hydroxylation is 1. The minimum absolute atomic E-state index is 0.0935. The number of rotatable bonds is 6. The first-order chi connectivity index (χ1) is 9.15. The second-order valence-electron chi connectivity index (χ2n) is 4.01. The van der Waals surface area contributed by atoms with Crippen molar-refractivity contribution in [2.45, 2.75) is 19.2 Å². The first kappa shape index (κ1) is 13.7. The van der Waals surface area contributed by atoms with Crippen molar-refractivity contribution < 1.29 is 14.6 Å². The third kappa shape index (κ3) is 3.01. The zero-order valence-electron chi connectivity index (χ0n) is 10.9. The van der Waals surface area contributed by atoms with Gasteiger partial charge in [0.1, 0.15) is 11.6 Å². The number of carbonyl (C=O) groups is 1. The Labute approximate surface area is 115 Å². The number of carboxylic acid groups (broad SMARTS) is 1. The predicted molar refractivity (Wildman–Crippen MR) is 75.8 cm³/mol. The number of carboxylic acids is 1. The summed E-state index contributed by atoms with van der Waals surface area (Å²) in [4.78, 5) is 15.1. The first-order valence-electron chi connectivity index (χ1n) is 5.98. The molecule has 2 rings (SSSR count). The Morgan fingerprint density at radius 1 is 1.53 bits per heavy atom. The average molecular weight is 280 g/mol. The molecular formula is C13H16N2O3S. The van der Waals surface area contributed by atoms with E-state index in [0.29, 0.717) is 5.75 Å². The van der Waals surface area contributed by atoms with Crippen LogP contribution in [0.15, 0.2) is 18.2 Å². The third-order valence-electron chi connectivity index (χ3n) is 2.81. The van der Waals surface area contributed by atoms with Crippen molar-refractivity contribution in [3.05, 3.63) is 24.0 Å². The van der Waals surface area contributed by atoms with Gasteiger partial charge < -0.3 is 14.4 Å². The van der Waals surface area contributed by atoms with Crippen molar-refractivity contribution in [3.63, 3.8) is 0 Å². The van der Waals surface area contributed by atoms with E-state index < -0.39 is 5.97 Å². The standard InChI is InChI=1S/C13H16N2O3S/c1-3-15-11-5-4-9(18-2)6-10(11)14-12(15)7-19-8-13(16)17/h4-6H,3,7-8H2,1-2H3,(H,16,17). The molecule has 0 amide bonds. The van der Waals surface area contributed by atoms with Crippen LogP contribution in [0.5, 0.6) is 5.75 Å². The third-order valence-corrected chi connectivity index (χ3v) is 3.72. The number of fused-ring (bicyclic) bond motifs is 1. The fraction of sp³-hybridized carbons (Fsp3) is 0.385. The number of thioether (sulfide) groups is 1. The number of hydrogen-bond donors (Lipinski definition) is 1. The van der Waals surface area contributed by atoms with Crippen molar-refractivity contribution in [3.8, 4) is 5.75 Å². The van der Waals surface area contributed by atoms with Gasteiger partial charge in [0.05, 0.1) is 29.6 Å². The Morgan fingerprint density at radius 2 is 2.32 bits per heavy atom. The lowest BCUT2D eigenvalue weighted by molar-refractivity contribution is -0.133. The van der Waals surface area contributed by atoms with Gasteiger partial charge in [0.2, 0.25) is 0 Å². The lowest BCUT2D eigenvalue weighted by Gasteiger charge is -2.05. The molecule has 1 aromatic heterocycles. The van der Waals surface area contributed by atoms with Gasteiger partial charge in [0.15, 0.2) is 0 Å². The van der Waals surface area contributed by atoms with Crippen molar-refractivity contribution >= 4 is 28.8 Å². The number of aromatic nitrogens is 2. The number of nitrogens with zero attached hydrogens (tertiary/aromatic N) is 2. The van der Waals surface area contributed by atoms with Gasteiger partial charge in [-0.2, -0.15) is 0 Å². The Hall–Kier alpha value is -1.69. The second kappa shape index (κ2) is 5.97. The summed E-state index contributed by atoms with van der Waals surface area (Å²) >= 11 is 1.36. The molecule has 0 fully saturated rings. The van der Waals surface area contributed by atoms with E-state index in [4.69, 9.17) is 9.84 Å². The molecule has 0 atom stereocenters. The number of benzene rings is 1. The highest BCUT2D eigenvalue weighted by Gasteiger charge is 2.11. The molecule has 0 spiro atoms. The van der Waals surface area contributed by atoms with Crippen LogP contribution in [0, 0.1) is 0 Å². The molecule has 0 radical (unpaired) electrons. The van der Waals surface area contributed by atoms with E-state index in [1.807, 2.05) is 18.2 Å². The molecule has 1 aromatic carbocycles. The minimum Gasteiger partial charge on any atom is -0.497 e. The smallest absolute Gasteiger partial charge is 0.313 e. The molecular weight excluding hydrogens is 264 g/mol. The molecule has 0 aliphatic rings. The van der Waals surface area contributed by atoms with Crippen molar-refractivity contribution in [2.75, 3.05) is 12.9 Å². The molecule has 0 unspecified atom stereocenters. The molecule has 0 aliphatic carbocycles. The van der Waals surface area contributed by atoms with E-state index >= 15 is 0 Å². The summed E-state index contributed by atoms with van der Waals surface area (Å²) in [6.45, 7) is 2.86. The maximum atomic E-state index is 10.5. The van der Waals surface area contributed by atoms with Crippen LogP contribution in [0.4, 0.5) is 0 Å². The van der Waals surface area contributed by atoms with E-state index in [2.05, 4.69) is 16.5 Å². The minimum atomic E-state index is -0.800. The number of methoxy groups -OCH3 is 1. The average Bonchev–Trinajstić information content (AvgIpc) is 2.74. The lowest BCUT2D eigenvalue weighted by Crippen LogP contribution is -2.03. The van der Waals surface area contributed by atoms with Gasteiger partial charge in [-0.25, -0.2) is 4.98 Å². The quantitative estimate of drug-likeness (QED) is 0.880. The molecule has 0 saturated heterocycles. The van der Waals surface area contributed by atoms with Gasteiger partial charge in [-0.05, 0) is 19.1 Å². The highest BCUT2D eigenvalue weighted by molar-refractivity contribution is 7.99. The largest absolute Gasteiger partial charge is 0.497 e. The topological polar surface area (TPSA) is 64.4 Å². The zero-order valence-corrected chi connectivity index (χ0v) is 11.7. The van der Waals surface area contributed by atoms with E-state index in [9.17, 15) is 4.79 Å². The lowest BCUT2D eigenvalue weighted by atomic mass is 10.3. The van der Waals surface area contributed by atoms with Gasteiger partial charge in [-0.15, -0.1) is 11.8 Å². The summed E-state index contributed by atoms with van der Waals surface area (Å²) in [6.07, 6.45) is 0. The zero-order chi connectivity index (χ0) is 13.8. The fourth-order valence-corrected chi connectivity index (χ4v) is 2.66. The molecule has 0 saturated carbocycles. The second-order valence-corrected chi connectivity index (χ2v) is 5.00. The summed E-state index contributed by atoms with van der Waals surface area (Å²) in [7, 11) is 1.63. The molecule has 2 aromatic rings. The Morgan fingerprint density at radius 3 is 2.95 bits per heavy atom. The van der Waals surface area contributed by atoms with Gasteiger partial charge in [-0.1, -0.05) is 0 Å². The SMILES string of the molecule is CCn1c(CSCC(=O)O)nc2cc(OC)ccc21. The summed E-state index contributed by atoms with van der Waals surface area (Å²) in [5, 5.41) is 8.66. The first-order valence-corrected chi connectivity index (χ1v) is 7.14. The van der Waals surface area contributed by atoms with E-state index in [1.165, 1.54) is 11.8 Å². The van der Waals surface area contributed by atoms with Crippen molar-refractivity contribution in [1.82, 2.24) is 9.55 Å². The van der Waals surface area contributed by atoms with Crippen molar-refractivity contribution in [2.24, 2.45) is 0 Å². The maximum Gasteiger partial charge on any atom is 0.313 e. The highest BCUT2D eigenvalue weighted by Crippen LogP contribution is 2.23. The highest BCUT2D eigenvalue weighted by atomic mass is 32.2. The Balaban J connectivity index is 2.29.